The Morgan fingerprint density at radius 3 is 3.00 bits per heavy atom. The van der Waals surface area contributed by atoms with Crippen LogP contribution < -0.4 is 10.1 Å². The molecule has 0 bridgehead atoms. The van der Waals surface area contributed by atoms with Crippen molar-refractivity contribution >= 4 is 34.2 Å². The van der Waals surface area contributed by atoms with Crippen molar-refractivity contribution in [2.24, 2.45) is 0 Å². The zero-order valence-electron chi connectivity index (χ0n) is 13.4. The third-order valence-corrected chi connectivity index (χ3v) is 4.52. The van der Waals surface area contributed by atoms with Crippen molar-refractivity contribution in [1.29, 1.82) is 0 Å². The molecule has 2 heterocycles. The lowest BCUT2D eigenvalue weighted by Gasteiger charge is -2.09. The van der Waals surface area contributed by atoms with Gasteiger partial charge in [-0.05, 0) is 30.7 Å². The van der Waals surface area contributed by atoms with Crippen LogP contribution in [0.5, 0.6) is 5.75 Å². The molecule has 1 N–H and O–H groups in total. The van der Waals surface area contributed by atoms with Gasteiger partial charge in [0.2, 0.25) is 5.91 Å². The second-order valence-electron chi connectivity index (χ2n) is 5.16. The van der Waals surface area contributed by atoms with E-state index in [0.29, 0.717) is 5.16 Å². The van der Waals surface area contributed by atoms with Crippen LogP contribution in [0, 0.1) is 19.3 Å². The van der Waals surface area contributed by atoms with E-state index in [9.17, 15) is 4.79 Å². The van der Waals surface area contributed by atoms with Crippen LogP contribution in [0.2, 0.25) is 0 Å². The molecule has 0 saturated heterocycles. The molecule has 0 aliphatic carbocycles. The Hall–Kier alpha value is -2.72. The first-order chi connectivity index (χ1) is 11.6. The van der Waals surface area contributed by atoms with Crippen LogP contribution in [-0.2, 0) is 4.79 Å². The molecule has 0 saturated carbocycles. The Morgan fingerprint density at radius 2 is 2.25 bits per heavy atom. The zero-order chi connectivity index (χ0) is 17.1. The van der Waals surface area contributed by atoms with Gasteiger partial charge in [0.25, 0.3) is 0 Å². The number of methoxy groups -OCH3 is 1. The van der Waals surface area contributed by atoms with Gasteiger partial charge in [-0.1, -0.05) is 17.7 Å². The molecule has 1 amide bonds. The number of amides is 1. The van der Waals surface area contributed by atoms with Gasteiger partial charge in [-0.3, -0.25) is 9.20 Å². The Balaban J connectivity index is 2.02. The highest BCUT2D eigenvalue weighted by Gasteiger charge is 2.13. The Kier molecular flexibility index (Phi) is 4.58. The monoisotopic (exact) mass is 340 g/mol. The number of hydrogen-bond acceptors (Lipinski definition) is 5. The predicted octanol–water partition coefficient (Wildman–Crippen LogP) is 2.04. The molecule has 0 fully saturated rings. The minimum Gasteiger partial charge on any atom is -0.497 e. The highest BCUT2D eigenvalue weighted by molar-refractivity contribution is 7.99. The van der Waals surface area contributed by atoms with Gasteiger partial charge in [-0.2, -0.15) is 0 Å². The molecule has 0 atom stereocenters. The van der Waals surface area contributed by atoms with Crippen LogP contribution in [0.25, 0.3) is 16.6 Å². The SMILES string of the molecule is C#CCNC(=O)CSc1nnc2cc(C)c3ccc(OC)cc3n12. The fraction of sp³-hybridized carbons (Fsp3) is 0.235. The number of aryl methyl sites for hydroxylation is 1. The quantitative estimate of drug-likeness (QED) is 0.569. The molecule has 0 unspecified atom stereocenters. The van der Waals surface area contributed by atoms with Gasteiger partial charge in [0.05, 0.1) is 24.9 Å². The highest BCUT2D eigenvalue weighted by Crippen LogP contribution is 2.28. The minimum absolute atomic E-state index is 0.135. The summed E-state index contributed by atoms with van der Waals surface area (Å²) >= 11 is 1.32. The van der Waals surface area contributed by atoms with E-state index < -0.39 is 0 Å². The van der Waals surface area contributed by atoms with E-state index >= 15 is 0 Å². The number of fused-ring (bicyclic) bond motifs is 3. The lowest BCUT2D eigenvalue weighted by molar-refractivity contribution is -0.118. The number of carbonyl (C=O) groups is 1. The molecule has 6 nitrogen and oxygen atoms in total. The van der Waals surface area contributed by atoms with E-state index in [-0.39, 0.29) is 18.2 Å². The minimum atomic E-state index is -0.135. The van der Waals surface area contributed by atoms with Crippen molar-refractivity contribution in [3.63, 3.8) is 0 Å². The molecular weight excluding hydrogens is 324 g/mol. The number of nitrogens with one attached hydrogen (secondary N) is 1. The maximum absolute atomic E-state index is 11.7. The number of carbonyl (C=O) groups excluding carboxylic acids is 1. The number of pyridine rings is 1. The average Bonchev–Trinajstić information content (AvgIpc) is 3.00. The average molecular weight is 340 g/mol. The number of thioether (sulfide) groups is 1. The summed E-state index contributed by atoms with van der Waals surface area (Å²) in [6.07, 6.45) is 5.14. The Bertz CT molecular complexity index is 959. The lowest BCUT2D eigenvalue weighted by Crippen LogP contribution is -2.25. The summed E-state index contributed by atoms with van der Waals surface area (Å²) in [5, 5.41) is 12.8. The Labute approximate surface area is 143 Å². The summed E-state index contributed by atoms with van der Waals surface area (Å²) in [5.74, 6) is 3.22. The molecule has 0 spiro atoms. The summed E-state index contributed by atoms with van der Waals surface area (Å²) in [6, 6.07) is 7.86. The molecule has 0 aliphatic heterocycles. The van der Waals surface area contributed by atoms with Crippen LogP contribution >= 0.6 is 11.8 Å². The zero-order valence-corrected chi connectivity index (χ0v) is 14.2. The smallest absolute Gasteiger partial charge is 0.231 e. The maximum atomic E-state index is 11.7. The van der Waals surface area contributed by atoms with E-state index in [1.54, 1.807) is 7.11 Å². The molecule has 122 valence electrons. The van der Waals surface area contributed by atoms with Crippen LogP contribution in [0.15, 0.2) is 29.4 Å². The van der Waals surface area contributed by atoms with Crippen molar-refractivity contribution in [2.75, 3.05) is 19.4 Å². The standard InChI is InChI=1S/C17H16N4O2S/c1-4-7-18-16(22)10-24-17-20-19-15-8-11(2)13-6-5-12(23-3)9-14(13)21(15)17/h1,5-6,8-9H,7,10H2,2-3H3,(H,18,22). The first kappa shape index (κ1) is 16.1. The fourth-order valence-corrected chi connectivity index (χ4v) is 3.24. The summed E-state index contributed by atoms with van der Waals surface area (Å²) in [5.41, 5.74) is 2.79. The number of aromatic nitrogens is 3. The maximum Gasteiger partial charge on any atom is 0.231 e. The third-order valence-electron chi connectivity index (χ3n) is 3.59. The van der Waals surface area contributed by atoms with Gasteiger partial charge in [-0.15, -0.1) is 16.6 Å². The van der Waals surface area contributed by atoms with Crippen molar-refractivity contribution in [2.45, 2.75) is 12.1 Å². The van der Waals surface area contributed by atoms with Crippen LogP contribution in [0.4, 0.5) is 0 Å². The first-order valence-corrected chi connectivity index (χ1v) is 8.28. The van der Waals surface area contributed by atoms with Crippen molar-refractivity contribution in [1.82, 2.24) is 19.9 Å². The number of terminal acetylenes is 1. The van der Waals surface area contributed by atoms with Crippen molar-refractivity contribution < 1.29 is 9.53 Å². The number of hydrogen-bond donors (Lipinski definition) is 1. The normalized spacial score (nSPS) is 10.7. The van der Waals surface area contributed by atoms with Gasteiger partial charge in [0.1, 0.15) is 5.75 Å². The summed E-state index contributed by atoms with van der Waals surface area (Å²) in [7, 11) is 1.63. The summed E-state index contributed by atoms with van der Waals surface area (Å²) in [4.78, 5) is 11.7. The van der Waals surface area contributed by atoms with Crippen molar-refractivity contribution in [3.05, 3.63) is 29.8 Å². The second kappa shape index (κ2) is 6.81. The number of ether oxygens (including phenoxy) is 1. The topological polar surface area (TPSA) is 68.5 Å². The molecule has 0 aliphatic rings. The predicted molar refractivity (Wildman–Crippen MR) is 94.3 cm³/mol. The van der Waals surface area contributed by atoms with Crippen LogP contribution in [0.1, 0.15) is 5.56 Å². The van der Waals surface area contributed by atoms with E-state index in [4.69, 9.17) is 11.2 Å². The van der Waals surface area contributed by atoms with E-state index in [1.807, 2.05) is 35.6 Å². The molecule has 24 heavy (non-hydrogen) atoms. The van der Waals surface area contributed by atoms with E-state index in [2.05, 4.69) is 21.4 Å². The van der Waals surface area contributed by atoms with E-state index in [1.165, 1.54) is 11.8 Å². The number of benzene rings is 1. The van der Waals surface area contributed by atoms with Gasteiger partial charge >= 0.3 is 0 Å². The molecule has 2 aromatic heterocycles. The van der Waals surface area contributed by atoms with Gasteiger partial charge < -0.3 is 10.1 Å². The Morgan fingerprint density at radius 1 is 1.42 bits per heavy atom. The molecular formula is C17H16N4O2S. The fourth-order valence-electron chi connectivity index (χ4n) is 2.45. The summed E-state index contributed by atoms with van der Waals surface area (Å²) < 4.78 is 7.26. The molecule has 1 aromatic carbocycles. The number of rotatable bonds is 5. The molecule has 7 heteroatoms. The molecule has 0 radical (unpaired) electrons. The van der Waals surface area contributed by atoms with Gasteiger partial charge in [0, 0.05) is 11.5 Å². The highest BCUT2D eigenvalue weighted by atomic mass is 32.2. The van der Waals surface area contributed by atoms with Gasteiger partial charge in [0.15, 0.2) is 10.8 Å². The summed E-state index contributed by atoms with van der Waals surface area (Å²) in [6.45, 7) is 2.25. The number of nitrogens with zero attached hydrogens (tertiary/aromatic N) is 3. The lowest BCUT2D eigenvalue weighted by atomic mass is 10.1. The van der Waals surface area contributed by atoms with Crippen molar-refractivity contribution in [3.8, 4) is 18.1 Å². The second-order valence-corrected chi connectivity index (χ2v) is 6.10. The van der Waals surface area contributed by atoms with Crippen LogP contribution in [0.3, 0.4) is 0 Å². The first-order valence-electron chi connectivity index (χ1n) is 7.29. The largest absolute Gasteiger partial charge is 0.497 e. The van der Waals surface area contributed by atoms with E-state index in [0.717, 1.165) is 27.9 Å². The third kappa shape index (κ3) is 3.01. The molecule has 3 rings (SSSR count). The van der Waals surface area contributed by atoms with Gasteiger partial charge in [-0.25, -0.2) is 0 Å². The molecule has 3 aromatic rings. The van der Waals surface area contributed by atoms with Crippen LogP contribution in [-0.4, -0.2) is 39.9 Å².